The van der Waals surface area contributed by atoms with Crippen molar-refractivity contribution in [3.63, 3.8) is 0 Å². The van der Waals surface area contributed by atoms with Crippen LogP contribution in [0.4, 0.5) is 0 Å². The van der Waals surface area contributed by atoms with Crippen LogP contribution in [-0.2, 0) is 9.59 Å². The molecule has 0 bridgehead atoms. The van der Waals surface area contributed by atoms with Crippen molar-refractivity contribution in [2.75, 3.05) is 0 Å². The van der Waals surface area contributed by atoms with Gasteiger partial charge in [-0.1, -0.05) is 6.92 Å². The number of rotatable bonds is 3. The highest BCUT2D eigenvalue weighted by Gasteiger charge is 2.15. The summed E-state index contributed by atoms with van der Waals surface area (Å²) in [7, 11) is 0. The van der Waals surface area contributed by atoms with E-state index in [4.69, 9.17) is 5.21 Å². The molecule has 5 nitrogen and oxygen atoms in total. The van der Waals surface area contributed by atoms with E-state index in [2.05, 4.69) is 5.32 Å². The maximum atomic E-state index is 10.7. The summed E-state index contributed by atoms with van der Waals surface area (Å²) in [6, 6.07) is -0.641. The SMILES string of the molecule is CC[C@@H](NC(C)=O)C(=O)NO. The Kier molecular flexibility index (Phi) is 4.21. The highest BCUT2D eigenvalue weighted by molar-refractivity contribution is 5.85. The van der Waals surface area contributed by atoms with Crippen LogP contribution < -0.4 is 10.8 Å². The summed E-state index contributed by atoms with van der Waals surface area (Å²) < 4.78 is 0. The van der Waals surface area contributed by atoms with Crippen LogP contribution in [0.3, 0.4) is 0 Å². The zero-order valence-electron chi connectivity index (χ0n) is 6.55. The zero-order valence-corrected chi connectivity index (χ0v) is 6.55. The van der Waals surface area contributed by atoms with Crippen molar-refractivity contribution in [2.45, 2.75) is 26.3 Å². The van der Waals surface area contributed by atoms with Gasteiger partial charge in [-0.2, -0.15) is 0 Å². The summed E-state index contributed by atoms with van der Waals surface area (Å²) in [6.07, 6.45) is 0.450. The fourth-order valence-corrected chi connectivity index (χ4v) is 0.676. The molecule has 0 spiro atoms. The maximum absolute atomic E-state index is 10.7. The van der Waals surface area contributed by atoms with E-state index in [9.17, 15) is 9.59 Å². The van der Waals surface area contributed by atoms with Gasteiger partial charge in [-0.3, -0.25) is 14.8 Å². The first-order chi connectivity index (χ1) is 5.11. The molecule has 1 atom stereocenters. The van der Waals surface area contributed by atoms with E-state index in [-0.39, 0.29) is 5.91 Å². The maximum Gasteiger partial charge on any atom is 0.265 e. The Hall–Kier alpha value is -1.10. The van der Waals surface area contributed by atoms with Gasteiger partial charge in [-0.25, -0.2) is 5.48 Å². The molecule has 0 aliphatic heterocycles. The van der Waals surface area contributed by atoms with E-state index in [0.29, 0.717) is 6.42 Å². The lowest BCUT2D eigenvalue weighted by Gasteiger charge is -2.12. The van der Waals surface area contributed by atoms with E-state index in [1.807, 2.05) is 0 Å². The van der Waals surface area contributed by atoms with Crippen LogP contribution in [0.2, 0.25) is 0 Å². The Morgan fingerprint density at radius 3 is 2.36 bits per heavy atom. The Balaban J connectivity index is 3.94. The molecule has 2 amide bonds. The summed E-state index contributed by atoms with van der Waals surface area (Å²) >= 11 is 0. The fourth-order valence-electron chi connectivity index (χ4n) is 0.676. The van der Waals surface area contributed by atoms with Gasteiger partial charge >= 0.3 is 0 Å². The second kappa shape index (κ2) is 4.68. The third-order valence-electron chi connectivity index (χ3n) is 1.21. The number of amides is 2. The van der Waals surface area contributed by atoms with Crippen LogP contribution in [0.5, 0.6) is 0 Å². The van der Waals surface area contributed by atoms with Crippen LogP contribution in [0.1, 0.15) is 20.3 Å². The second-order valence-corrected chi connectivity index (χ2v) is 2.14. The molecule has 0 heterocycles. The monoisotopic (exact) mass is 160 g/mol. The van der Waals surface area contributed by atoms with Crippen molar-refractivity contribution in [1.82, 2.24) is 10.8 Å². The molecule has 64 valence electrons. The molecule has 0 unspecified atom stereocenters. The van der Waals surface area contributed by atoms with E-state index >= 15 is 0 Å². The highest BCUT2D eigenvalue weighted by Crippen LogP contribution is 1.89. The first-order valence-corrected chi connectivity index (χ1v) is 3.32. The summed E-state index contributed by atoms with van der Waals surface area (Å²) in [5.41, 5.74) is 1.47. The lowest BCUT2D eigenvalue weighted by atomic mass is 10.2. The lowest BCUT2D eigenvalue weighted by molar-refractivity contribution is -0.134. The predicted octanol–water partition coefficient (Wildman–Crippen LogP) is -0.593. The minimum Gasteiger partial charge on any atom is -0.344 e. The molecule has 0 fully saturated rings. The summed E-state index contributed by atoms with van der Waals surface area (Å²) in [6.45, 7) is 3.04. The van der Waals surface area contributed by atoms with Gasteiger partial charge in [0.1, 0.15) is 6.04 Å². The van der Waals surface area contributed by atoms with Crippen molar-refractivity contribution in [3.05, 3.63) is 0 Å². The molecular weight excluding hydrogens is 148 g/mol. The first-order valence-electron chi connectivity index (χ1n) is 3.32. The van der Waals surface area contributed by atoms with Gasteiger partial charge in [-0.05, 0) is 6.42 Å². The third kappa shape index (κ3) is 3.57. The quantitative estimate of drug-likeness (QED) is 0.381. The normalized spacial score (nSPS) is 11.9. The van der Waals surface area contributed by atoms with Crippen molar-refractivity contribution in [3.8, 4) is 0 Å². The average Bonchev–Trinajstić information content (AvgIpc) is 1.98. The van der Waals surface area contributed by atoms with E-state index in [1.54, 1.807) is 6.92 Å². The van der Waals surface area contributed by atoms with E-state index in [0.717, 1.165) is 0 Å². The average molecular weight is 160 g/mol. The van der Waals surface area contributed by atoms with Gasteiger partial charge in [0.05, 0.1) is 0 Å². The standard InChI is InChI=1S/C6H12N2O3/c1-3-5(6(10)8-11)7-4(2)9/h5,11H,3H2,1-2H3,(H,7,9)(H,8,10)/t5-/m1/s1. The van der Waals surface area contributed by atoms with Crippen LogP contribution in [0.25, 0.3) is 0 Å². The van der Waals surface area contributed by atoms with Gasteiger partial charge in [0, 0.05) is 6.92 Å². The van der Waals surface area contributed by atoms with Gasteiger partial charge in [-0.15, -0.1) is 0 Å². The molecule has 0 aliphatic rings. The van der Waals surface area contributed by atoms with Crippen LogP contribution >= 0.6 is 0 Å². The number of nitrogens with one attached hydrogen (secondary N) is 2. The largest absolute Gasteiger partial charge is 0.344 e. The molecule has 5 heteroatoms. The summed E-state index contributed by atoms with van der Waals surface area (Å²) in [5, 5.41) is 10.6. The molecule has 0 rings (SSSR count). The highest BCUT2D eigenvalue weighted by atomic mass is 16.5. The number of carbonyl (C=O) groups is 2. The topological polar surface area (TPSA) is 78.4 Å². The van der Waals surface area contributed by atoms with E-state index in [1.165, 1.54) is 12.4 Å². The molecular formula is C6H12N2O3. The molecule has 0 aromatic heterocycles. The summed E-state index contributed by atoms with van der Waals surface area (Å²) in [5.74, 6) is -0.886. The van der Waals surface area contributed by atoms with Crippen LogP contribution in [0, 0.1) is 0 Å². The van der Waals surface area contributed by atoms with Crippen molar-refractivity contribution >= 4 is 11.8 Å². The molecule has 0 saturated heterocycles. The predicted molar refractivity (Wildman–Crippen MR) is 37.8 cm³/mol. The van der Waals surface area contributed by atoms with Crippen molar-refractivity contribution < 1.29 is 14.8 Å². The van der Waals surface area contributed by atoms with Crippen LogP contribution in [-0.4, -0.2) is 23.1 Å². The smallest absolute Gasteiger partial charge is 0.265 e. The number of carbonyl (C=O) groups excluding carboxylic acids is 2. The van der Waals surface area contributed by atoms with Gasteiger partial charge < -0.3 is 5.32 Å². The second-order valence-electron chi connectivity index (χ2n) is 2.14. The Morgan fingerprint density at radius 1 is 1.55 bits per heavy atom. The zero-order chi connectivity index (χ0) is 8.85. The fraction of sp³-hybridized carbons (Fsp3) is 0.667. The summed E-state index contributed by atoms with van der Waals surface area (Å²) in [4.78, 5) is 21.2. The molecule has 11 heavy (non-hydrogen) atoms. The molecule has 0 aromatic carbocycles. The van der Waals surface area contributed by atoms with Crippen LogP contribution in [0.15, 0.2) is 0 Å². The third-order valence-corrected chi connectivity index (χ3v) is 1.21. The lowest BCUT2D eigenvalue weighted by Crippen LogP contribution is -2.44. The molecule has 0 radical (unpaired) electrons. The number of hydroxylamine groups is 1. The van der Waals surface area contributed by atoms with Gasteiger partial charge in [0.25, 0.3) is 5.91 Å². The van der Waals surface area contributed by atoms with Crippen molar-refractivity contribution in [1.29, 1.82) is 0 Å². The molecule has 0 aromatic rings. The molecule has 0 saturated carbocycles. The number of hydrogen-bond acceptors (Lipinski definition) is 3. The first kappa shape index (κ1) is 9.90. The minimum absolute atomic E-state index is 0.291. The van der Waals surface area contributed by atoms with Crippen molar-refractivity contribution in [2.24, 2.45) is 0 Å². The van der Waals surface area contributed by atoms with Gasteiger partial charge in [0.2, 0.25) is 5.91 Å². The van der Waals surface area contributed by atoms with E-state index < -0.39 is 11.9 Å². The molecule has 3 N–H and O–H groups in total. The van der Waals surface area contributed by atoms with Gasteiger partial charge in [0.15, 0.2) is 0 Å². The Labute approximate surface area is 64.7 Å². The Morgan fingerprint density at radius 2 is 2.09 bits per heavy atom. The molecule has 0 aliphatic carbocycles. The minimum atomic E-state index is -0.641. The Bertz CT molecular complexity index is 158. The number of hydrogen-bond donors (Lipinski definition) is 3.